The largest absolute Gasteiger partial charge is 0.356 e. The fourth-order valence-electron chi connectivity index (χ4n) is 1.80. The normalized spacial score (nSPS) is 14.7. The van der Waals surface area contributed by atoms with Crippen LogP contribution in [0.5, 0.6) is 0 Å². The highest BCUT2D eigenvalue weighted by Crippen LogP contribution is 2.27. The van der Waals surface area contributed by atoms with Crippen molar-refractivity contribution in [2.24, 2.45) is 10.9 Å². The minimum atomic E-state index is -0.224. The van der Waals surface area contributed by atoms with Crippen molar-refractivity contribution in [3.05, 3.63) is 34.1 Å². The molecular weight excluding hydrogens is 436 g/mol. The molecule has 2 N–H and O–H groups in total. The second-order valence-corrected chi connectivity index (χ2v) is 5.68. The molecule has 0 aromatic heterocycles. The first-order valence-electron chi connectivity index (χ1n) is 6.57. The lowest BCUT2D eigenvalue weighted by molar-refractivity contribution is 0.620. The summed E-state index contributed by atoms with van der Waals surface area (Å²) >= 11 is 3.20. The van der Waals surface area contributed by atoms with Crippen LogP contribution < -0.4 is 10.6 Å². The zero-order chi connectivity index (χ0) is 13.7. The van der Waals surface area contributed by atoms with Crippen LogP contribution in [-0.4, -0.2) is 26.1 Å². The van der Waals surface area contributed by atoms with E-state index in [-0.39, 0.29) is 29.8 Å². The summed E-state index contributed by atoms with van der Waals surface area (Å²) in [5.74, 6) is 1.44. The summed E-state index contributed by atoms with van der Waals surface area (Å²) in [4.78, 5) is 4.18. The fraction of sp³-hybridized carbons (Fsp3) is 0.500. The summed E-state index contributed by atoms with van der Waals surface area (Å²) < 4.78 is 13.6. The molecular formula is C14H20BrFIN3. The molecule has 1 aliphatic carbocycles. The highest BCUT2D eigenvalue weighted by atomic mass is 127. The first kappa shape index (κ1) is 17.7. The third kappa shape index (κ3) is 5.95. The number of nitrogens with one attached hydrogen (secondary N) is 2. The molecule has 0 heterocycles. The average Bonchev–Trinajstić information content (AvgIpc) is 3.22. The Kier molecular flexibility index (Phi) is 7.79. The van der Waals surface area contributed by atoms with Gasteiger partial charge in [-0.15, -0.1) is 24.0 Å². The van der Waals surface area contributed by atoms with Crippen molar-refractivity contribution in [2.45, 2.75) is 19.3 Å². The number of hydrogen-bond acceptors (Lipinski definition) is 1. The molecule has 0 unspecified atom stereocenters. The van der Waals surface area contributed by atoms with Crippen molar-refractivity contribution < 1.29 is 4.39 Å². The van der Waals surface area contributed by atoms with Crippen molar-refractivity contribution in [1.82, 2.24) is 10.6 Å². The zero-order valence-corrected chi connectivity index (χ0v) is 15.4. The Morgan fingerprint density at radius 1 is 1.40 bits per heavy atom. The Morgan fingerprint density at radius 2 is 2.15 bits per heavy atom. The summed E-state index contributed by atoms with van der Waals surface area (Å²) in [5.41, 5.74) is 1.10. The topological polar surface area (TPSA) is 36.4 Å². The van der Waals surface area contributed by atoms with E-state index in [9.17, 15) is 4.39 Å². The highest BCUT2D eigenvalue weighted by molar-refractivity contribution is 14.0. The third-order valence-corrected chi connectivity index (χ3v) is 3.78. The minimum absolute atomic E-state index is 0. The number of rotatable bonds is 5. The molecule has 0 saturated heterocycles. The van der Waals surface area contributed by atoms with E-state index in [4.69, 9.17) is 0 Å². The van der Waals surface area contributed by atoms with Gasteiger partial charge >= 0.3 is 0 Å². The second-order valence-electron chi connectivity index (χ2n) is 4.82. The van der Waals surface area contributed by atoms with Crippen molar-refractivity contribution in [3.8, 4) is 0 Å². The van der Waals surface area contributed by atoms with E-state index >= 15 is 0 Å². The molecule has 1 aromatic rings. The zero-order valence-electron chi connectivity index (χ0n) is 11.5. The van der Waals surface area contributed by atoms with E-state index in [2.05, 4.69) is 31.6 Å². The predicted octanol–water partition coefficient (Wildman–Crippen LogP) is 3.32. The van der Waals surface area contributed by atoms with E-state index in [1.165, 1.54) is 18.9 Å². The molecule has 0 bridgehead atoms. The molecule has 0 atom stereocenters. The smallest absolute Gasteiger partial charge is 0.190 e. The third-order valence-electron chi connectivity index (χ3n) is 3.17. The Hall–Kier alpha value is -0.370. The van der Waals surface area contributed by atoms with Crippen molar-refractivity contribution in [3.63, 3.8) is 0 Å². The monoisotopic (exact) mass is 455 g/mol. The Morgan fingerprint density at radius 3 is 2.75 bits per heavy atom. The first-order chi connectivity index (χ1) is 9.19. The molecule has 1 saturated carbocycles. The molecule has 3 nitrogen and oxygen atoms in total. The van der Waals surface area contributed by atoms with E-state index in [0.717, 1.165) is 37.0 Å². The van der Waals surface area contributed by atoms with Gasteiger partial charge in [-0.2, -0.15) is 0 Å². The van der Waals surface area contributed by atoms with E-state index < -0.39 is 0 Å². The van der Waals surface area contributed by atoms with Crippen LogP contribution in [0.2, 0.25) is 0 Å². The molecule has 0 amide bonds. The molecule has 20 heavy (non-hydrogen) atoms. The first-order valence-corrected chi connectivity index (χ1v) is 7.37. The minimum Gasteiger partial charge on any atom is -0.356 e. The molecule has 0 radical (unpaired) electrons. The molecule has 1 aliphatic rings. The maximum atomic E-state index is 13.1. The van der Waals surface area contributed by atoms with Crippen LogP contribution in [-0.2, 0) is 6.42 Å². The van der Waals surface area contributed by atoms with Crippen molar-refractivity contribution in [1.29, 1.82) is 0 Å². The Bertz CT molecular complexity index is 464. The highest BCUT2D eigenvalue weighted by Gasteiger charge is 2.20. The molecule has 1 fully saturated rings. The summed E-state index contributed by atoms with van der Waals surface area (Å²) in [6, 6.07) is 5.11. The second kappa shape index (κ2) is 8.81. The van der Waals surface area contributed by atoms with Gasteiger partial charge in [0.05, 0.1) is 4.47 Å². The quantitative estimate of drug-likeness (QED) is 0.406. The van der Waals surface area contributed by atoms with Crippen LogP contribution in [0, 0.1) is 11.7 Å². The van der Waals surface area contributed by atoms with E-state index in [1.807, 2.05) is 12.1 Å². The Balaban J connectivity index is 0.00000200. The van der Waals surface area contributed by atoms with Gasteiger partial charge in [-0.05, 0) is 58.8 Å². The molecule has 2 rings (SSSR count). The maximum absolute atomic E-state index is 13.1. The van der Waals surface area contributed by atoms with Crippen LogP contribution >= 0.6 is 39.9 Å². The van der Waals surface area contributed by atoms with Crippen molar-refractivity contribution in [2.75, 3.05) is 20.1 Å². The molecule has 6 heteroatoms. The van der Waals surface area contributed by atoms with Crippen molar-refractivity contribution >= 4 is 45.9 Å². The lowest BCUT2D eigenvalue weighted by Gasteiger charge is -2.11. The molecule has 0 spiro atoms. The van der Waals surface area contributed by atoms with Gasteiger partial charge in [-0.1, -0.05) is 6.07 Å². The predicted molar refractivity (Wildman–Crippen MR) is 95.3 cm³/mol. The lowest BCUT2D eigenvalue weighted by atomic mass is 10.1. The van der Waals surface area contributed by atoms with Crippen LogP contribution in [0.25, 0.3) is 0 Å². The van der Waals surface area contributed by atoms with Gasteiger partial charge in [0.25, 0.3) is 0 Å². The summed E-state index contributed by atoms with van der Waals surface area (Å²) in [6.07, 6.45) is 3.49. The van der Waals surface area contributed by atoms with Crippen LogP contribution in [0.4, 0.5) is 4.39 Å². The number of halogens is 3. The van der Waals surface area contributed by atoms with Crippen LogP contribution in [0.15, 0.2) is 27.7 Å². The Labute approximate surface area is 145 Å². The van der Waals surface area contributed by atoms with E-state index in [1.54, 1.807) is 7.05 Å². The molecule has 0 aliphatic heterocycles. The lowest BCUT2D eigenvalue weighted by Crippen LogP contribution is -2.39. The summed E-state index contributed by atoms with van der Waals surface area (Å²) in [5, 5.41) is 6.57. The van der Waals surface area contributed by atoms with Gasteiger partial charge in [-0.25, -0.2) is 4.39 Å². The standard InChI is InChI=1S/C14H19BrFN3.HI/c1-17-14(19-9-11-2-3-11)18-7-6-10-4-5-13(16)12(15)8-10;/h4-5,8,11H,2-3,6-7,9H2,1H3,(H2,17,18,19);1H. The molecule has 112 valence electrons. The van der Waals surface area contributed by atoms with Crippen LogP contribution in [0.3, 0.4) is 0 Å². The van der Waals surface area contributed by atoms with Crippen LogP contribution in [0.1, 0.15) is 18.4 Å². The fourth-order valence-corrected chi connectivity index (χ4v) is 2.23. The van der Waals surface area contributed by atoms with E-state index in [0.29, 0.717) is 4.47 Å². The number of nitrogens with zero attached hydrogens (tertiary/aromatic N) is 1. The molecule has 1 aromatic carbocycles. The van der Waals surface area contributed by atoms with Gasteiger partial charge in [0, 0.05) is 20.1 Å². The summed E-state index contributed by atoms with van der Waals surface area (Å²) in [6.45, 7) is 1.78. The number of benzene rings is 1. The van der Waals surface area contributed by atoms with Gasteiger partial charge in [0.1, 0.15) is 5.82 Å². The van der Waals surface area contributed by atoms with Gasteiger partial charge < -0.3 is 10.6 Å². The maximum Gasteiger partial charge on any atom is 0.190 e. The van der Waals surface area contributed by atoms with Gasteiger partial charge in [-0.3, -0.25) is 4.99 Å². The number of hydrogen-bond donors (Lipinski definition) is 2. The SMILES string of the molecule is CN=C(NCCc1ccc(F)c(Br)c1)NCC1CC1.I. The number of guanidine groups is 1. The van der Waals surface area contributed by atoms with Gasteiger partial charge in [0.2, 0.25) is 0 Å². The number of aliphatic imine (C=N–C) groups is 1. The van der Waals surface area contributed by atoms with Gasteiger partial charge in [0.15, 0.2) is 5.96 Å². The average molecular weight is 456 g/mol. The summed E-state index contributed by atoms with van der Waals surface area (Å²) in [7, 11) is 1.77.